The van der Waals surface area contributed by atoms with Crippen LogP contribution in [0.2, 0.25) is 0 Å². The maximum absolute atomic E-state index is 7.52. The van der Waals surface area contributed by atoms with Gasteiger partial charge in [0.05, 0.1) is 5.84 Å². The molecule has 0 amide bonds. The summed E-state index contributed by atoms with van der Waals surface area (Å²) in [6, 6.07) is 0.806. The molecule has 0 spiro atoms. The standard InChI is InChI=1S/C13H27N3/c1-4-11-7-5-9-16(11)10-6-8-13(2,3)12(14)15/h11H,4-10H2,1-3H3,(H3,14,15). The van der Waals surface area contributed by atoms with Crippen LogP contribution in [-0.4, -0.2) is 29.9 Å². The Morgan fingerprint density at radius 1 is 1.50 bits per heavy atom. The van der Waals surface area contributed by atoms with Gasteiger partial charge in [0.15, 0.2) is 0 Å². The summed E-state index contributed by atoms with van der Waals surface area (Å²) in [6.45, 7) is 8.85. The second-order valence-electron chi connectivity index (χ2n) is 5.64. The maximum Gasteiger partial charge on any atom is 0.0963 e. The van der Waals surface area contributed by atoms with Crippen LogP contribution in [-0.2, 0) is 0 Å². The van der Waals surface area contributed by atoms with Crippen molar-refractivity contribution in [2.45, 2.75) is 58.9 Å². The highest BCUT2D eigenvalue weighted by Gasteiger charge is 2.25. The quantitative estimate of drug-likeness (QED) is 0.539. The van der Waals surface area contributed by atoms with Crippen molar-refractivity contribution >= 4 is 5.84 Å². The Morgan fingerprint density at radius 2 is 2.19 bits per heavy atom. The third-order valence-electron chi connectivity index (χ3n) is 3.95. The van der Waals surface area contributed by atoms with E-state index in [1.165, 1.54) is 32.4 Å². The topological polar surface area (TPSA) is 53.1 Å². The van der Waals surface area contributed by atoms with Crippen molar-refractivity contribution in [3.05, 3.63) is 0 Å². The van der Waals surface area contributed by atoms with Gasteiger partial charge in [-0.3, -0.25) is 5.41 Å². The minimum absolute atomic E-state index is 0.124. The molecule has 0 aromatic rings. The predicted molar refractivity (Wildman–Crippen MR) is 69.8 cm³/mol. The van der Waals surface area contributed by atoms with Crippen molar-refractivity contribution in [1.82, 2.24) is 4.90 Å². The molecule has 0 radical (unpaired) electrons. The van der Waals surface area contributed by atoms with Crippen LogP contribution in [0.25, 0.3) is 0 Å². The van der Waals surface area contributed by atoms with Crippen molar-refractivity contribution < 1.29 is 0 Å². The zero-order valence-electron chi connectivity index (χ0n) is 11.1. The summed E-state index contributed by atoms with van der Waals surface area (Å²) in [5.41, 5.74) is 5.46. The van der Waals surface area contributed by atoms with Crippen molar-refractivity contribution in [2.24, 2.45) is 11.1 Å². The largest absolute Gasteiger partial charge is 0.387 e. The first-order valence-corrected chi connectivity index (χ1v) is 6.56. The molecule has 1 saturated heterocycles. The number of rotatable bonds is 6. The monoisotopic (exact) mass is 225 g/mol. The highest BCUT2D eigenvalue weighted by molar-refractivity contribution is 5.82. The number of likely N-dealkylation sites (tertiary alicyclic amines) is 1. The number of nitrogens with zero attached hydrogens (tertiary/aromatic N) is 1. The van der Waals surface area contributed by atoms with E-state index in [1.54, 1.807) is 0 Å². The molecule has 94 valence electrons. The van der Waals surface area contributed by atoms with E-state index < -0.39 is 0 Å². The maximum atomic E-state index is 7.52. The summed E-state index contributed by atoms with van der Waals surface area (Å²) in [5.74, 6) is 0.320. The van der Waals surface area contributed by atoms with Gasteiger partial charge in [-0.15, -0.1) is 0 Å². The number of nitrogens with two attached hydrogens (primary N) is 1. The van der Waals surface area contributed by atoms with Crippen LogP contribution in [0.4, 0.5) is 0 Å². The molecule has 1 fully saturated rings. The third-order valence-corrected chi connectivity index (χ3v) is 3.95. The number of hydrogen-bond donors (Lipinski definition) is 2. The molecular weight excluding hydrogens is 198 g/mol. The highest BCUT2D eigenvalue weighted by Crippen LogP contribution is 2.24. The molecule has 1 atom stereocenters. The van der Waals surface area contributed by atoms with E-state index >= 15 is 0 Å². The molecule has 3 N–H and O–H groups in total. The number of hydrogen-bond acceptors (Lipinski definition) is 2. The van der Waals surface area contributed by atoms with Crippen molar-refractivity contribution in [3.8, 4) is 0 Å². The smallest absolute Gasteiger partial charge is 0.0963 e. The zero-order chi connectivity index (χ0) is 12.2. The van der Waals surface area contributed by atoms with E-state index in [0.717, 1.165) is 18.9 Å². The van der Waals surface area contributed by atoms with Gasteiger partial charge in [-0.25, -0.2) is 0 Å². The van der Waals surface area contributed by atoms with Gasteiger partial charge in [0.25, 0.3) is 0 Å². The Morgan fingerprint density at radius 3 is 2.75 bits per heavy atom. The normalized spacial score (nSPS) is 22.6. The molecule has 0 saturated carbocycles. The Kier molecular flexibility index (Phi) is 4.78. The van der Waals surface area contributed by atoms with E-state index in [0.29, 0.717) is 5.84 Å². The fourth-order valence-corrected chi connectivity index (χ4v) is 2.51. The first kappa shape index (κ1) is 13.5. The lowest BCUT2D eigenvalue weighted by Gasteiger charge is -2.27. The second-order valence-corrected chi connectivity index (χ2v) is 5.64. The van der Waals surface area contributed by atoms with E-state index in [9.17, 15) is 0 Å². The molecule has 3 heteroatoms. The molecule has 1 aliphatic rings. The van der Waals surface area contributed by atoms with Gasteiger partial charge in [0.2, 0.25) is 0 Å². The first-order valence-electron chi connectivity index (χ1n) is 6.56. The molecule has 16 heavy (non-hydrogen) atoms. The van der Waals surface area contributed by atoms with Crippen LogP contribution in [0.15, 0.2) is 0 Å². The zero-order valence-corrected chi connectivity index (χ0v) is 11.1. The summed E-state index contributed by atoms with van der Waals surface area (Å²) in [6.07, 6.45) is 6.18. The van der Waals surface area contributed by atoms with Gasteiger partial charge < -0.3 is 10.6 Å². The molecule has 0 bridgehead atoms. The van der Waals surface area contributed by atoms with Gasteiger partial charge in [-0.2, -0.15) is 0 Å². The third kappa shape index (κ3) is 3.48. The van der Waals surface area contributed by atoms with Crippen LogP contribution in [0.1, 0.15) is 52.9 Å². The lowest BCUT2D eigenvalue weighted by molar-refractivity contribution is 0.235. The van der Waals surface area contributed by atoms with Gasteiger partial charge in [-0.1, -0.05) is 20.8 Å². The molecule has 0 aromatic heterocycles. The van der Waals surface area contributed by atoms with Gasteiger partial charge in [-0.05, 0) is 45.2 Å². The fraction of sp³-hybridized carbons (Fsp3) is 0.923. The molecule has 3 nitrogen and oxygen atoms in total. The van der Waals surface area contributed by atoms with Crippen LogP contribution >= 0.6 is 0 Å². The summed E-state index contributed by atoms with van der Waals surface area (Å²) in [5, 5.41) is 7.52. The Hall–Kier alpha value is -0.570. The lowest BCUT2D eigenvalue weighted by atomic mass is 9.86. The Balaban J connectivity index is 2.27. The summed E-state index contributed by atoms with van der Waals surface area (Å²) < 4.78 is 0. The van der Waals surface area contributed by atoms with E-state index in [2.05, 4.69) is 25.7 Å². The molecule has 0 aromatic carbocycles. The number of amidine groups is 1. The fourth-order valence-electron chi connectivity index (χ4n) is 2.51. The Labute approximate surface area is 99.9 Å². The molecule has 1 aliphatic heterocycles. The van der Waals surface area contributed by atoms with Crippen molar-refractivity contribution in [2.75, 3.05) is 13.1 Å². The van der Waals surface area contributed by atoms with Crippen LogP contribution in [0, 0.1) is 10.8 Å². The van der Waals surface area contributed by atoms with Gasteiger partial charge >= 0.3 is 0 Å². The average molecular weight is 225 g/mol. The minimum Gasteiger partial charge on any atom is -0.387 e. The minimum atomic E-state index is -0.124. The van der Waals surface area contributed by atoms with Crippen LogP contribution in [0.3, 0.4) is 0 Å². The molecule has 1 rings (SSSR count). The van der Waals surface area contributed by atoms with E-state index in [-0.39, 0.29) is 5.41 Å². The van der Waals surface area contributed by atoms with Gasteiger partial charge in [0, 0.05) is 11.5 Å². The Bertz CT molecular complexity index is 235. The summed E-state index contributed by atoms with van der Waals surface area (Å²) in [7, 11) is 0. The summed E-state index contributed by atoms with van der Waals surface area (Å²) in [4.78, 5) is 2.61. The van der Waals surface area contributed by atoms with Gasteiger partial charge in [0.1, 0.15) is 0 Å². The predicted octanol–water partition coefficient (Wildman–Crippen LogP) is 2.60. The van der Waals surface area contributed by atoms with Crippen LogP contribution in [0.5, 0.6) is 0 Å². The van der Waals surface area contributed by atoms with Crippen LogP contribution < -0.4 is 5.73 Å². The average Bonchev–Trinajstić information content (AvgIpc) is 2.64. The summed E-state index contributed by atoms with van der Waals surface area (Å²) >= 11 is 0. The van der Waals surface area contributed by atoms with E-state index in [4.69, 9.17) is 11.1 Å². The first-order chi connectivity index (χ1) is 7.47. The van der Waals surface area contributed by atoms with E-state index in [1.807, 2.05) is 0 Å². The molecule has 0 aliphatic carbocycles. The molecule has 1 unspecified atom stereocenters. The highest BCUT2D eigenvalue weighted by atomic mass is 15.2. The molecular formula is C13H27N3. The SMILES string of the molecule is CCC1CCCN1CCCC(C)(C)C(=N)N. The number of nitrogens with one attached hydrogen (secondary N) is 1. The van der Waals surface area contributed by atoms with Crippen molar-refractivity contribution in [1.29, 1.82) is 5.41 Å². The van der Waals surface area contributed by atoms with Crippen molar-refractivity contribution in [3.63, 3.8) is 0 Å². The second kappa shape index (κ2) is 5.67. The lowest BCUT2D eigenvalue weighted by Crippen LogP contribution is -2.33. The molecule has 1 heterocycles.